The zero-order chi connectivity index (χ0) is 15.5. The summed E-state index contributed by atoms with van der Waals surface area (Å²) in [4.78, 5) is 18.1. The van der Waals surface area contributed by atoms with Gasteiger partial charge < -0.3 is 9.97 Å². The smallest absolute Gasteiger partial charge is 0.271 e. The normalized spacial score (nSPS) is 11.1. The number of hydrazone groups is 1. The SMILES string of the molecule is Cc1ccccc1/C=N\NC(=O)c1ccc2[nH]c(=S)[nH]c2c1. The van der Waals surface area contributed by atoms with Crippen LogP contribution >= 0.6 is 12.2 Å². The van der Waals surface area contributed by atoms with Gasteiger partial charge in [0.05, 0.1) is 17.2 Å². The molecule has 0 fully saturated rings. The van der Waals surface area contributed by atoms with Gasteiger partial charge in [-0.2, -0.15) is 5.10 Å². The second-order valence-corrected chi connectivity index (χ2v) is 5.30. The molecule has 1 amide bonds. The number of hydrogen-bond donors (Lipinski definition) is 3. The molecule has 3 N–H and O–H groups in total. The summed E-state index contributed by atoms with van der Waals surface area (Å²) < 4.78 is 0.533. The number of nitrogens with one attached hydrogen (secondary N) is 3. The van der Waals surface area contributed by atoms with Gasteiger partial charge in [0.15, 0.2) is 4.77 Å². The van der Waals surface area contributed by atoms with E-state index in [9.17, 15) is 4.79 Å². The lowest BCUT2D eigenvalue weighted by Crippen LogP contribution is -2.17. The molecule has 1 heterocycles. The van der Waals surface area contributed by atoms with Gasteiger partial charge in [0.1, 0.15) is 0 Å². The average Bonchev–Trinajstić information content (AvgIpc) is 2.88. The molecule has 0 saturated carbocycles. The molecule has 0 radical (unpaired) electrons. The van der Waals surface area contributed by atoms with Crippen molar-refractivity contribution in [3.05, 3.63) is 63.9 Å². The summed E-state index contributed by atoms with van der Waals surface area (Å²) in [5.41, 5.74) is 6.76. The number of rotatable bonds is 3. The molecule has 0 aliphatic carbocycles. The van der Waals surface area contributed by atoms with Crippen LogP contribution in [0.5, 0.6) is 0 Å². The van der Waals surface area contributed by atoms with E-state index in [1.54, 1.807) is 18.3 Å². The first-order valence-corrected chi connectivity index (χ1v) is 7.15. The van der Waals surface area contributed by atoms with Gasteiger partial charge in [-0.15, -0.1) is 0 Å². The monoisotopic (exact) mass is 310 g/mol. The zero-order valence-corrected chi connectivity index (χ0v) is 12.7. The van der Waals surface area contributed by atoms with Crippen LogP contribution in [0, 0.1) is 11.7 Å². The quantitative estimate of drug-likeness (QED) is 0.394. The Morgan fingerprint density at radius 1 is 1.18 bits per heavy atom. The Labute approximate surface area is 132 Å². The van der Waals surface area contributed by atoms with E-state index in [2.05, 4.69) is 20.5 Å². The highest BCUT2D eigenvalue weighted by Crippen LogP contribution is 2.12. The van der Waals surface area contributed by atoms with E-state index >= 15 is 0 Å². The molecule has 2 aromatic carbocycles. The fourth-order valence-corrected chi connectivity index (χ4v) is 2.35. The van der Waals surface area contributed by atoms with Crippen molar-refractivity contribution in [1.29, 1.82) is 0 Å². The molecule has 6 heteroatoms. The topological polar surface area (TPSA) is 73.0 Å². The lowest BCUT2D eigenvalue weighted by Gasteiger charge is -2.01. The molecule has 5 nitrogen and oxygen atoms in total. The Kier molecular flexibility index (Phi) is 3.84. The van der Waals surface area contributed by atoms with E-state index in [0.29, 0.717) is 10.3 Å². The summed E-state index contributed by atoms with van der Waals surface area (Å²) in [5, 5.41) is 4.00. The number of H-pyrrole nitrogens is 2. The molecule has 0 saturated heterocycles. The van der Waals surface area contributed by atoms with Crippen molar-refractivity contribution in [3.8, 4) is 0 Å². The summed E-state index contributed by atoms with van der Waals surface area (Å²) in [5.74, 6) is -0.271. The maximum Gasteiger partial charge on any atom is 0.271 e. The maximum atomic E-state index is 12.1. The van der Waals surface area contributed by atoms with Gasteiger partial charge >= 0.3 is 0 Å². The number of nitrogens with zero attached hydrogens (tertiary/aromatic N) is 1. The molecule has 0 aliphatic heterocycles. The van der Waals surface area contributed by atoms with Crippen LogP contribution in [-0.4, -0.2) is 22.1 Å². The van der Waals surface area contributed by atoms with E-state index in [4.69, 9.17) is 12.2 Å². The van der Waals surface area contributed by atoms with Gasteiger partial charge in [-0.05, 0) is 48.5 Å². The highest BCUT2D eigenvalue weighted by molar-refractivity contribution is 7.71. The van der Waals surface area contributed by atoms with Crippen molar-refractivity contribution in [2.24, 2.45) is 5.10 Å². The number of aromatic amines is 2. The third-order valence-corrected chi connectivity index (χ3v) is 3.54. The third-order valence-electron chi connectivity index (χ3n) is 3.34. The minimum absolute atomic E-state index is 0.271. The van der Waals surface area contributed by atoms with Crippen LogP contribution in [0.15, 0.2) is 47.6 Å². The first-order valence-electron chi connectivity index (χ1n) is 6.74. The molecular formula is C16H14N4OS. The predicted octanol–water partition coefficient (Wildman–Crippen LogP) is 3.30. The number of hydrogen-bond acceptors (Lipinski definition) is 3. The first-order chi connectivity index (χ1) is 10.6. The summed E-state index contributed by atoms with van der Waals surface area (Å²) in [6, 6.07) is 13.1. The molecular weight excluding hydrogens is 296 g/mol. The van der Waals surface area contributed by atoms with E-state index in [1.807, 2.05) is 37.3 Å². The Morgan fingerprint density at radius 3 is 2.77 bits per heavy atom. The molecule has 0 atom stereocenters. The number of imidazole rings is 1. The Morgan fingerprint density at radius 2 is 1.95 bits per heavy atom. The van der Waals surface area contributed by atoms with Gasteiger partial charge in [-0.3, -0.25) is 4.79 Å². The fraction of sp³-hybridized carbons (Fsp3) is 0.0625. The van der Waals surface area contributed by atoms with Gasteiger partial charge in [-0.1, -0.05) is 24.3 Å². The maximum absolute atomic E-state index is 12.1. The second kappa shape index (κ2) is 5.95. The van der Waals surface area contributed by atoms with E-state index in [0.717, 1.165) is 22.2 Å². The molecule has 3 rings (SSSR count). The van der Waals surface area contributed by atoms with Crippen LogP contribution in [0.3, 0.4) is 0 Å². The van der Waals surface area contributed by atoms with Gasteiger partial charge in [0, 0.05) is 5.56 Å². The van der Waals surface area contributed by atoms with Crippen LogP contribution in [-0.2, 0) is 0 Å². The number of fused-ring (bicyclic) bond motifs is 1. The highest BCUT2D eigenvalue weighted by atomic mass is 32.1. The Balaban J connectivity index is 1.75. The summed E-state index contributed by atoms with van der Waals surface area (Å²) in [6.07, 6.45) is 1.63. The lowest BCUT2D eigenvalue weighted by molar-refractivity contribution is 0.0955. The van der Waals surface area contributed by atoms with Crippen LogP contribution in [0.2, 0.25) is 0 Å². The highest BCUT2D eigenvalue weighted by Gasteiger charge is 2.06. The predicted molar refractivity (Wildman–Crippen MR) is 89.7 cm³/mol. The average molecular weight is 310 g/mol. The molecule has 1 aromatic heterocycles. The molecule has 0 unspecified atom stereocenters. The van der Waals surface area contributed by atoms with E-state index in [1.165, 1.54) is 0 Å². The number of aromatic nitrogens is 2. The van der Waals surface area contributed by atoms with Crippen LogP contribution < -0.4 is 5.43 Å². The number of benzene rings is 2. The first kappa shape index (κ1) is 14.2. The Hall–Kier alpha value is -2.73. The van der Waals surface area contributed by atoms with Gasteiger partial charge in [0.25, 0.3) is 5.91 Å². The standard InChI is InChI=1S/C16H14N4OS/c1-10-4-2-3-5-12(10)9-17-20-15(21)11-6-7-13-14(8-11)19-16(22)18-13/h2-9H,1H3,(H,20,21)(H2,18,19,22)/b17-9-. The number of carbonyl (C=O) groups excluding carboxylic acids is 1. The molecule has 0 aliphatic rings. The summed E-state index contributed by atoms with van der Waals surface area (Å²) >= 11 is 5.02. The van der Waals surface area contributed by atoms with Crippen molar-refractivity contribution >= 4 is 35.4 Å². The lowest BCUT2D eigenvalue weighted by atomic mass is 10.1. The van der Waals surface area contributed by atoms with Gasteiger partial charge in [0.2, 0.25) is 0 Å². The number of carbonyl (C=O) groups is 1. The molecule has 22 heavy (non-hydrogen) atoms. The third kappa shape index (κ3) is 2.96. The van der Waals surface area contributed by atoms with Crippen molar-refractivity contribution in [2.45, 2.75) is 6.92 Å². The number of amides is 1. The van der Waals surface area contributed by atoms with Crippen LogP contribution in [0.25, 0.3) is 11.0 Å². The van der Waals surface area contributed by atoms with Crippen molar-refractivity contribution < 1.29 is 4.79 Å². The second-order valence-electron chi connectivity index (χ2n) is 4.90. The molecule has 110 valence electrons. The van der Waals surface area contributed by atoms with E-state index < -0.39 is 0 Å². The fourth-order valence-electron chi connectivity index (χ4n) is 2.13. The van der Waals surface area contributed by atoms with Crippen molar-refractivity contribution in [3.63, 3.8) is 0 Å². The van der Waals surface area contributed by atoms with Crippen molar-refractivity contribution in [2.75, 3.05) is 0 Å². The Bertz CT molecular complexity index is 923. The summed E-state index contributed by atoms with van der Waals surface area (Å²) in [6.45, 7) is 1.99. The minimum Gasteiger partial charge on any atom is -0.331 e. The van der Waals surface area contributed by atoms with E-state index in [-0.39, 0.29) is 5.91 Å². The largest absolute Gasteiger partial charge is 0.331 e. The van der Waals surface area contributed by atoms with Crippen molar-refractivity contribution in [1.82, 2.24) is 15.4 Å². The summed E-state index contributed by atoms with van der Waals surface area (Å²) in [7, 11) is 0. The zero-order valence-electron chi connectivity index (χ0n) is 11.9. The number of aryl methyl sites for hydroxylation is 1. The van der Waals surface area contributed by atoms with Crippen LogP contribution in [0.4, 0.5) is 0 Å². The van der Waals surface area contributed by atoms with Crippen LogP contribution in [0.1, 0.15) is 21.5 Å². The molecule has 3 aromatic rings. The minimum atomic E-state index is -0.271. The van der Waals surface area contributed by atoms with Gasteiger partial charge in [-0.25, -0.2) is 5.43 Å². The molecule has 0 bridgehead atoms. The molecule has 0 spiro atoms.